The van der Waals surface area contributed by atoms with Crippen molar-refractivity contribution in [3.8, 4) is 17.2 Å². The zero-order valence-electron chi connectivity index (χ0n) is 17.2. The lowest BCUT2D eigenvalue weighted by molar-refractivity contribution is 0.113. The van der Waals surface area contributed by atoms with Gasteiger partial charge in [0, 0.05) is 44.8 Å². The molecule has 30 heavy (non-hydrogen) atoms. The molecule has 0 bridgehead atoms. The van der Waals surface area contributed by atoms with Crippen molar-refractivity contribution in [2.24, 2.45) is 0 Å². The molecule has 2 heterocycles. The summed E-state index contributed by atoms with van der Waals surface area (Å²) in [4.78, 5) is 4.76. The molecule has 1 saturated heterocycles. The number of methoxy groups -OCH3 is 1. The van der Waals surface area contributed by atoms with Crippen LogP contribution in [0.4, 0.5) is 0 Å². The highest BCUT2D eigenvalue weighted by Gasteiger charge is 2.27. The Balaban J connectivity index is 1.53. The van der Waals surface area contributed by atoms with Gasteiger partial charge in [-0.15, -0.1) is 0 Å². The van der Waals surface area contributed by atoms with Crippen LogP contribution in [0.3, 0.4) is 0 Å². The van der Waals surface area contributed by atoms with Gasteiger partial charge in [0.25, 0.3) is 0 Å². The SMILES string of the molecule is COc1ccc([C@@H](CNS(=O)(=O)c2ccc3c(c2)OCO3)N2CCN(C)CC2)cc1. The zero-order chi connectivity index (χ0) is 21.1. The van der Waals surface area contributed by atoms with Crippen LogP contribution in [0.5, 0.6) is 17.2 Å². The number of nitrogens with one attached hydrogen (secondary N) is 1. The highest BCUT2D eigenvalue weighted by atomic mass is 32.2. The van der Waals surface area contributed by atoms with Crippen LogP contribution in [0.1, 0.15) is 11.6 Å². The van der Waals surface area contributed by atoms with E-state index >= 15 is 0 Å². The van der Waals surface area contributed by atoms with Crippen LogP contribution < -0.4 is 18.9 Å². The minimum absolute atomic E-state index is 0.0756. The Hall–Kier alpha value is -2.33. The van der Waals surface area contributed by atoms with E-state index in [9.17, 15) is 8.42 Å². The average Bonchev–Trinajstić information content (AvgIpc) is 3.23. The predicted molar refractivity (Wildman–Crippen MR) is 113 cm³/mol. The van der Waals surface area contributed by atoms with Crippen LogP contribution in [0.2, 0.25) is 0 Å². The van der Waals surface area contributed by atoms with Gasteiger partial charge in [0.2, 0.25) is 16.8 Å². The van der Waals surface area contributed by atoms with Crippen LogP contribution in [0.15, 0.2) is 47.4 Å². The van der Waals surface area contributed by atoms with Gasteiger partial charge in [0.05, 0.1) is 12.0 Å². The maximum Gasteiger partial charge on any atom is 0.240 e. The first-order chi connectivity index (χ1) is 14.5. The lowest BCUT2D eigenvalue weighted by Crippen LogP contribution is -2.48. The summed E-state index contributed by atoms with van der Waals surface area (Å²) in [5, 5.41) is 0. The van der Waals surface area contributed by atoms with Gasteiger partial charge in [-0.25, -0.2) is 13.1 Å². The molecule has 0 saturated carbocycles. The second-order valence-corrected chi connectivity index (χ2v) is 9.26. The molecule has 0 spiro atoms. The topological polar surface area (TPSA) is 80.3 Å². The van der Waals surface area contributed by atoms with Crippen molar-refractivity contribution >= 4 is 10.0 Å². The number of sulfonamides is 1. The number of ether oxygens (including phenoxy) is 3. The van der Waals surface area contributed by atoms with Crippen LogP contribution in [-0.2, 0) is 10.0 Å². The molecule has 0 aromatic heterocycles. The van der Waals surface area contributed by atoms with Crippen molar-refractivity contribution in [1.82, 2.24) is 14.5 Å². The van der Waals surface area contributed by atoms with Crippen LogP contribution in [0, 0.1) is 0 Å². The van der Waals surface area contributed by atoms with Crippen LogP contribution >= 0.6 is 0 Å². The molecule has 2 aliphatic heterocycles. The van der Waals surface area contributed by atoms with Crippen molar-refractivity contribution in [3.05, 3.63) is 48.0 Å². The standard InChI is InChI=1S/C21H27N3O5S/c1-23-9-11-24(12-10-23)19(16-3-5-17(27-2)6-4-16)14-22-30(25,26)18-7-8-20-21(13-18)29-15-28-20/h3-8,13,19,22H,9-12,14-15H2,1-2H3/t19-/m1/s1. The highest BCUT2D eigenvalue weighted by Crippen LogP contribution is 2.34. The molecule has 9 heteroatoms. The predicted octanol–water partition coefficient (Wildman–Crippen LogP) is 1.69. The molecule has 0 amide bonds. The molecule has 1 atom stereocenters. The third kappa shape index (κ3) is 4.54. The number of likely N-dealkylation sites (N-methyl/N-ethyl adjacent to an activating group) is 1. The van der Waals surface area contributed by atoms with E-state index in [0.717, 1.165) is 37.5 Å². The van der Waals surface area contributed by atoms with E-state index in [1.165, 1.54) is 12.1 Å². The molecule has 2 aliphatic rings. The van der Waals surface area contributed by atoms with Gasteiger partial charge in [-0.1, -0.05) is 12.1 Å². The molecule has 2 aromatic rings. The van der Waals surface area contributed by atoms with E-state index in [4.69, 9.17) is 14.2 Å². The number of nitrogens with zero attached hydrogens (tertiary/aromatic N) is 2. The van der Waals surface area contributed by atoms with Gasteiger partial charge in [-0.2, -0.15) is 0 Å². The van der Waals surface area contributed by atoms with Crippen LogP contribution in [-0.4, -0.2) is 71.9 Å². The van der Waals surface area contributed by atoms with Gasteiger partial charge in [-0.3, -0.25) is 4.90 Å². The number of hydrogen-bond donors (Lipinski definition) is 1. The Kier molecular flexibility index (Phi) is 6.14. The molecular weight excluding hydrogens is 406 g/mol. The minimum Gasteiger partial charge on any atom is -0.497 e. The second kappa shape index (κ2) is 8.81. The summed E-state index contributed by atoms with van der Waals surface area (Å²) < 4.78 is 44.5. The number of hydrogen-bond acceptors (Lipinski definition) is 7. The van der Waals surface area contributed by atoms with Crippen molar-refractivity contribution in [2.45, 2.75) is 10.9 Å². The van der Waals surface area contributed by atoms with Gasteiger partial charge < -0.3 is 19.1 Å². The Bertz CT molecular complexity index is 973. The van der Waals surface area contributed by atoms with Crippen molar-refractivity contribution in [3.63, 3.8) is 0 Å². The summed E-state index contributed by atoms with van der Waals surface area (Å²) in [6, 6.07) is 12.4. The molecular formula is C21H27N3O5S. The number of rotatable bonds is 7. The summed E-state index contributed by atoms with van der Waals surface area (Å²) >= 11 is 0. The normalized spacial score (nSPS) is 18.3. The van der Waals surface area contributed by atoms with E-state index in [-0.39, 0.29) is 24.3 Å². The van der Waals surface area contributed by atoms with Crippen molar-refractivity contribution in [2.75, 3.05) is 53.7 Å². The molecule has 8 nitrogen and oxygen atoms in total. The first kappa shape index (κ1) is 20.9. The Labute approximate surface area is 177 Å². The summed E-state index contributed by atoms with van der Waals surface area (Å²) in [6.45, 7) is 4.02. The van der Waals surface area contributed by atoms with Gasteiger partial charge in [0.15, 0.2) is 11.5 Å². The fourth-order valence-corrected chi connectivity index (χ4v) is 4.79. The second-order valence-electron chi connectivity index (χ2n) is 7.50. The molecule has 0 radical (unpaired) electrons. The van der Waals surface area contributed by atoms with Crippen molar-refractivity contribution in [1.29, 1.82) is 0 Å². The Morgan fingerprint density at radius 3 is 2.43 bits per heavy atom. The van der Waals surface area contributed by atoms with Crippen LogP contribution in [0.25, 0.3) is 0 Å². The largest absolute Gasteiger partial charge is 0.497 e. The van der Waals surface area contributed by atoms with E-state index in [0.29, 0.717) is 11.5 Å². The highest BCUT2D eigenvalue weighted by molar-refractivity contribution is 7.89. The molecule has 1 fully saturated rings. The lowest BCUT2D eigenvalue weighted by Gasteiger charge is -2.38. The third-order valence-electron chi connectivity index (χ3n) is 5.60. The van der Waals surface area contributed by atoms with Crippen molar-refractivity contribution < 1.29 is 22.6 Å². The number of benzene rings is 2. The minimum atomic E-state index is -3.69. The fourth-order valence-electron chi connectivity index (χ4n) is 3.73. The smallest absolute Gasteiger partial charge is 0.240 e. The summed E-state index contributed by atoms with van der Waals surface area (Å²) in [7, 11) is 0.0362. The molecule has 1 N–H and O–H groups in total. The first-order valence-corrected chi connectivity index (χ1v) is 11.4. The van der Waals surface area contributed by atoms with E-state index in [1.807, 2.05) is 24.3 Å². The summed E-state index contributed by atoms with van der Waals surface area (Å²) in [5.41, 5.74) is 1.05. The summed E-state index contributed by atoms with van der Waals surface area (Å²) in [6.07, 6.45) is 0. The van der Waals surface area contributed by atoms with Gasteiger partial charge >= 0.3 is 0 Å². The lowest BCUT2D eigenvalue weighted by atomic mass is 10.0. The van der Waals surface area contributed by atoms with E-state index in [2.05, 4.69) is 21.6 Å². The number of piperazine rings is 1. The molecule has 0 aliphatic carbocycles. The van der Waals surface area contributed by atoms with E-state index in [1.54, 1.807) is 13.2 Å². The number of fused-ring (bicyclic) bond motifs is 1. The maximum atomic E-state index is 12.9. The van der Waals surface area contributed by atoms with Gasteiger partial charge in [0.1, 0.15) is 5.75 Å². The fraction of sp³-hybridized carbons (Fsp3) is 0.429. The van der Waals surface area contributed by atoms with Gasteiger partial charge in [-0.05, 0) is 36.9 Å². The molecule has 162 valence electrons. The maximum absolute atomic E-state index is 12.9. The zero-order valence-corrected chi connectivity index (χ0v) is 18.0. The van der Waals surface area contributed by atoms with E-state index < -0.39 is 10.0 Å². The first-order valence-electron chi connectivity index (χ1n) is 9.92. The molecule has 0 unspecified atom stereocenters. The molecule has 4 rings (SSSR count). The Morgan fingerprint density at radius 1 is 1.03 bits per heavy atom. The monoisotopic (exact) mass is 433 g/mol. The third-order valence-corrected chi connectivity index (χ3v) is 7.02. The summed E-state index contributed by atoms with van der Waals surface area (Å²) in [5.74, 6) is 1.78. The average molecular weight is 434 g/mol. The Morgan fingerprint density at radius 2 is 1.73 bits per heavy atom. The quantitative estimate of drug-likeness (QED) is 0.712. The molecule has 2 aromatic carbocycles.